The maximum atomic E-state index is 12.7. The second-order valence-corrected chi connectivity index (χ2v) is 8.76. The highest BCUT2D eigenvalue weighted by Crippen LogP contribution is 2.27. The predicted molar refractivity (Wildman–Crippen MR) is 122 cm³/mol. The van der Waals surface area contributed by atoms with Crippen LogP contribution in [-0.4, -0.2) is 35.0 Å². The molecule has 0 aliphatic carbocycles. The normalized spacial score (nSPS) is 12.7. The fourth-order valence-electron chi connectivity index (χ4n) is 2.74. The molecule has 2 amide bonds. The number of carbonyl (C=O) groups is 3. The van der Waals surface area contributed by atoms with Crippen LogP contribution < -0.4 is 15.7 Å². The molecule has 2 aromatic rings. The van der Waals surface area contributed by atoms with Crippen LogP contribution in [0.2, 0.25) is 0 Å². The maximum absolute atomic E-state index is 12.7. The average molecular weight is 621 g/mol. The maximum Gasteiger partial charge on any atom is 0.243 e. The molecule has 0 unspecified atom stereocenters. The Morgan fingerprint density at radius 1 is 0.966 bits per heavy atom. The summed E-state index contributed by atoms with van der Waals surface area (Å²) in [6, 6.07) is 10.2. The van der Waals surface area contributed by atoms with Crippen molar-refractivity contribution in [2.45, 2.75) is 31.8 Å². The van der Waals surface area contributed by atoms with E-state index in [1.54, 1.807) is 12.1 Å². The van der Waals surface area contributed by atoms with Gasteiger partial charge in [0.2, 0.25) is 11.8 Å². The second-order valence-electron chi connectivity index (χ2n) is 6.44. The zero-order valence-electron chi connectivity index (χ0n) is 15.4. The van der Waals surface area contributed by atoms with Crippen molar-refractivity contribution >= 4 is 63.0 Å². The van der Waals surface area contributed by atoms with Gasteiger partial charge < -0.3 is 25.6 Å². The lowest BCUT2D eigenvalue weighted by atomic mass is 10.0. The molecule has 3 N–H and O–H groups in total. The van der Waals surface area contributed by atoms with E-state index in [0.717, 1.165) is 5.56 Å². The first-order chi connectivity index (χ1) is 13.7. The van der Waals surface area contributed by atoms with Gasteiger partial charge in [0.1, 0.15) is 11.8 Å². The van der Waals surface area contributed by atoms with Gasteiger partial charge in [-0.3, -0.25) is 9.59 Å². The molecule has 29 heavy (non-hydrogen) atoms. The van der Waals surface area contributed by atoms with Crippen LogP contribution in [0.5, 0.6) is 5.75 Å². The van der Waals surface area contributed by atoms with Crippen LogP contribution in [0.1, 0.15) is 18.1 Å². The molecule has 0 heterocycles. The molecule has 154 valence electrons. The van der Waals surface area contributed by atoms with Crippen LogP contribution in [0, 0.1) is 7.14 Å². The van der Waals surface area contributed by atoms with Crippen molar-refractivity contribution in [3.63, 3.8) is 0 Å². The monoisotopic (exact) mass is 621 g/mol. The lowest BCUT2D eigenvalue weighted by molar-refractivity contribution is -0.308. The topological polar surface area (TPSA) is 119 Å². The van der Waals surface area contributed by atoms with Crippen molar-refractivity contribution in [2.75, 3.05) is 0 Å². The molecule has 0 aromatic heterocycles. The zero-order valence-corrected chi connectivity index (χ0v) is 19.8. The SMILES string of the molecule is CC(=O)N[C@@H](Cc1ccccc1)C(=O)N[C@@H](Cc1cc(I)c(O)c(I)c1)C(=O)[O-]. The Labute approximate surface area is 195 Å². The van der Waals surface area contributed by atoms with E-state index in [0.29, 0.717) is 12.7 Å². The number of carbonyl (C=O) groups excluding carboxylic acids is 3. The van der Waals surface area contributed by atoms with Crippen molar-refractivity contribution in [2.24, 2.45) is 0 Å². The Hall–Kier alpha value is -1.89. The highest BCUT2D eigenvalue weighted by atomic mass is 127. The summed E-state index contributed by atoms with van der Waals surface area (Å²) in [5, 5.41) is 26.5. The van der Waals surface area contributed by atoms with E-state index in [4.69, 9.17) is 0 Å². The van der Waals surface area contributed by atoms with Gasteiger partial charge in [0, 0.05) is 13.3 Å². The van der Waals surface area contributed by atoms with Crippen LogP contribution in [0.25, 0.3) is 0 Å². The lowest BCUT2D eigenvalue weighted by Crippen LogP contribution is -2.55. The van der Waals surface area contributed by atoms with E-state index < -0.39 is 29.9 Å². The largest absolute Gasteiger partial charge is 0.548 e. The first-order valence-electron chi connectivity index (χ1n) is 8.66. The van der Waals surface area contributed by atoms with E-state index in [-0.39, 0.29) is 18.6 Å². The summed E-state index contributed by atoms with van der Waals surface area (Å²) in [5.74, 6) is -2.31. The Morgan fingerprint density at radius 2 is 1.52 bits per heavy atom. The summed E-state index contributed by atoms with van der Waals surface area (Å²) in [4.78, 5) is 35.9. The predicted octanol–water partition coefficient (Wildman–Crippen LogP) is 1.13. The number of phenolic OH excluding ortho intramolecular Hbond substituents is 1. The van der Waals surface area contributed by atoms with Gasteiger partial charge >= 0.3 is 0 Å². The lowest BCUT2D eigenvalue weighted by Gasteiger charge is -2.24. The summed E-state index contributed by atoms with van der Waals surface area (Å²) >= 11 is 3.90. The third-order valence-corrected chi connectivity index (χ3v) is 5.74. The van der Waals surface area contributed by atoms with Crippen LogP contribution in [0.15, 0.2) is 42.5 Å². The summed E-state index contributed by atoms with van der Waals surface area (Å²) in [7, 11) is 0. The van der Waals surface area contributed by atoms with E-state index in [9.17, 15) is 24.6 Å². The number of benzene rings is 2. The fraction of sp³-hybridized carbons (Fsp3) is 0.250. The van der Waals surface area contributed by atoms with Gasteiger partial charge in [-0.25, -0.2) is 0 Å². The highest BCUT2D eigenvalue weighted by Gasteiger charge is 2.24. The minimum Gasteiger partial charge on any atom is -0.548 e. The van der Waals surface area contributed by atoms with Gasteiger partial charge in [-0.05, 0) is 74.9 Å². The Balaban J connectivity index is 2.17. The number of amides is 2. The molecule has 0 saturated heterocycles. The number of carboxylic acid groups (broad SMARTS) is 1. The smallest absolute Gasteiger partial charge is 0.243 e. The first kappa shape index (κ1) is 23.4. The first-order valence-corrected chi connectivity index (χ1v) is 10.8. The van der Waals surface area contributed by atoms with Gasteiger partial charge in [-0.2, -0.15) is 0 Å². The third kappa shape index (κ3) is 7.14. The molecular weight excluding hydrogens is 602 g/mol. The summed E-state index contributed by atoms with van der Waals surface area (Å²) in [6.07, 6.45) is 0.208. The Kier molecular flexibility index (Phi) is 8.68. The van der Waals surface area contributed by atoms with Crippen molar-refractivity contribution in [3.05, 3.63) is 60.7 Å². The molecule has 0 fully saturated rings. The number of carboxylic acids is 1. The standard InChI is InChI=1S/C20H20I2N2O5/c1-11(25)23-16(9-12-5-3-2-4-6-12)19(27)24-17(20(28)29)10-13-7-14(21)18(26)15(22)8-13/h2-8,16-17,26H,9-10H2,1H3,(H,23,25)(H,24,27)(H,28,29)/p-1/t16-,17-/m0/s1. The number of phenols is 1. The molecule has 0 radical (unpaired) electrons. The van der Waals surface area contributed by atoms with E-state index in [1.807, 2.05) is 75.5 Å². The minimum absolute atomic E-state index is 0.0154. The van der Waals surface area contributed by atoms with E-state index in [1.165, 1.54) is 6.92 Å². The third-order valence-electron chi connectivity index (χ3n) is 4.09. The summed E-state index contributed by atoms with van der Waals surface area (Å²) in [6.45, 7) is 1.29. The minimum atomic E-state index is -1.43. The van der Waals surface area contributed by atoms with E-state index in [2.05, 4.69) is 10.6 Å². The van der Waals surface area contributed by atoms with Crippen molar-refractivity contribution in [3.8, 4) is 5.75 Å². The number of aliphatic carboxylic acids is 1. The number of hydrogen-bond acceptors (Lipinski definition) is 5. The average Bonchev–Trinajstić information content (AvgIpc) is 2.65. The second kappa shape index (κ2) is 10.8. The molecular formula is C20H19I2N2O5-. The number of aromatic hydroxyl groups is 1. The molecule has 7 nitrogen and oxygen atoms in total. The number of halogens is 2. The fourth-order valence-corrected chi connectivity index (χ4v) is 4.64. The van der Waals surface area contributed by atoms with Gasteiger partial charge in [-0.1, -0.05) is 30.3 Å². The number of hydrogen-bond donors (Lipinski definition) is 3. The molecule has 2 atom stereocenters. The molecule has 2 aromatic carbocycles. The molecule has 0 spiro atoms. The Bertz CT molecular complexity index is 882. The molecule has 0 saturated carbocycles. The van der Waals surface area contributed by atoms with Crippen LogP contribution in [0.3, 0.4) is 0 Å². The van der Waals surface area contributed by atoms with Crippen molar-refractivity contribution < 1.29 is 24.6 Å². The van der Waals surface area contributed by atoms with Gasteiger partial charge in [-0.15, -0.1) is 0 Å². The van der Waals surface area contributed by atoms with Crippen LogP contribution in [-0.2, 0) is 27.2 Å². The van der Waals surface area contributed by atoms with Crippen molar-refractivity contribution in [1.82, 2.24) is 10.6 Å². The Morgan fingerprint density at radius 3 is 2.03 bits per heavy atom. The van der Waals surface area contributed by atoms with Crippen molar-refractivity contribution in [1.29, 1.82) is 0 Å². The van der Waals surface area contributed by atoms with E-state index >= 15 is 0 Å². The van der Waals surface area contributed by atoms with Gasteiger partial charge in [0.15, 0.2) is 0 Å². The van der Waals surface area contributed by atoms with Crippen LogP contribution in [0.4, 0.5) is 0 Å². The van der Waals surface area contributed by atoms with Gasteiger partial charge in [0.25, 0.3) is 0 Å². The van der Waals surface area contributed by atoms with Gasteiger partial charge in [0.05, 0.1) is 19.2 Å². The van der Waals surface area contributed by atoms with Crippen LogP contribution >= 0.6 is 45.2 Å². The highest BCUT2D eigenvalue weighted by molar-refractivity contribution is 14.1. The number of rotatable bonds is 8. The number of nitrogens with one attached hydrogen (secondary N) is 2. The molecule has 0 bridgehead atoms. The molecule has 0 aliphatic heterocycles. The zero-order chi connectivity index (χ0) is 21.6. The molecule has 2 rings (SSSR count). The summed E-state index contributed by atoms with van der Waals surface area (Å²) in [5.41, 5.74) is 1.46. The quantitative estimate of drug-likeness (QED) is 0.383. The molecule has 0 aliphatic rings. The summed E-state index contributed by atoms with van der Waals surface area (Å²) < 4.78 is 1.15. The molecule has 9 heteroatoms.